The maximum atomic E-state index is 13.3. The molecule has 2 heterocycles. The molecule has 2 aliphatic rings. The summed E-state index contributed by atoms with van der Waals surface area (Å²) >= 11 is 0. The molecule has 0 aliphatic carbocycles. The molecule has 0 radical (unpaired) electrons. The third kappa shape index (κ3) is 44.0. The Morgan fingerprint density at radius 2 is 0.989 bits per heavy atom. The maximum absolute atomic E-state index is 13.3. The number of Topliss-reactive ketones (excluding diaryl/α,β-unsaturated/α-hetero) is 1. The molecule has 2 fully saturated rings. The fourth-order valence-electron chi connectivity index (χ4n) is 11.9. The van der Waals surface area contributed by atoms with Gasteiger partial charge in [-0.05, 0) is 161 Å². The van der Waals surface area contributed by atoms with E-state index in [0.29, 0.717) is 129 Å². The second kappa shape index (κ2) is 51.9. The van der Waals surface area contributed by atoms with E-state index in [9.17, 15) is 34.2 Å². The number of carbonyl (C=O) groups excluding carboxylic acids is 5. The van der Waals surface area contributed by atoms with Gasteiger partial charge in [0.25, 0.3) is 0 Å². The van der Waals surface area contributed by atoms with Crippen LogP contribution in [0, 0.1) is 16.2 Å². The molecule has 552 valence electrons. The summed E-state index contributed by atoms with van der Waals surface area (Å²) < 4.78 is 35.2. The molecule has 0 saturated carbocycles. The summed E-state index contributed by atoms with van der Waals surface area (Å²) in [6.45, 7) is 41.8. The molecule has 5 N–H and O–H groups in total. The highest BCUT2D eigenvalue weighted by atomic mass is 33.1. The van der Waals surface area contributed by atoms with Crippen LogP contribution in [-0.4, -0.2) is 278 Å². The van der Waals surface area contributed by atoms with E-state index >= 15 is 0 Å². The predicted molar refractivity (Wildman–Crippen MR) is 384 cm³/mol. The number of aliphatic hydroxyl groups is 2. The second-order valence-electron chi connectivity index (χ2n) is 29.0. The molecule has 1 atom stereocenters. The van der Waals surface area contributed by atoms with E-state index in [-0.39, 0.29) is 72.0 Å². The van der Waals surface area contributed by atoms with Crippen molar-refractivity contribution in [1.82, 2.24) is 40.4 Å². The number of rotatable bonds is 61. The van der Waals surface area contributed by atoms with Crippen LogP contribution >= 0.6 is 21.6 Å². The Kier molecular flexibility index (Phi) is 48.5. The molecule has 0 aromatic rings. The molecule has 2 rings (SSSR count). The summed E-state index contributed by atoms with van der Waals surface area (Å²) in [6.07, 6.45) is 14.3. The highest BCUT2D eigenvalue weighted by molar-refractivity contribution is 8.76. The average Bonchev–Trinajstić information content (AvgIpc) is 0.861. The predicted octanol–water partition coefficient (Wildman–Crippen LogP) is 8.50. The van der Waals surface area contributed by atoms with Gasteiger partial charge in [0.1, 0.15) is 17.8 Å². The first-order valence-electron chi connectivity index (χ1n) is 36.4. The Balaban J connectivity index is 1.58. The van der Waals surface area contributed by atoms with Gasteiger partial charge in [0.15, 0.2) is 5.78 Å². The van der Waals surface area contributed by atoms with Crippen molar-refractivity contribution >= 4 is 51.2 Å². The number of carbonyl (C=O) groups is 5. The SMILES string of the molecule is CCC(C)(OCCSSCCOC(=O)CCN(CCCCO)CCC(=O)OC(C)(C)C(C)(C)CCCCCOCCCN(CCCCO)CCC(=O)OCCC(C)(C)CC(C)(C)CCOC(=O)CCNCCCN1CCNCC1)C(=O)CCNCCCN1CCN(C)CC1. The fourth-order valence-corrected chi connectivity index (χ4v) is 13.5. The van der Waals surface area contributed by atoms with Crippen LogP contribution in [-0.2, 0) is 52.4 Å². The average molecular weight is 1380 g/mol. The van der Waals surface area contributed by atoms with Crippen molar-refractivity contribution in [3.05, 3.63) is 0 Å². The normalized spacial score (nSPS) is 15.6. The zero-order valence-electron chi connectivity index (χ0n) is 61.3. The Morgan fingerprint density at radius 1 is 0.500 bits per heavy atom. The number of esters is 4. The van der Waals surface area contributed by atoms with Crippen molar-refractivity contribution in [3.63, 3.8) is 0 Å². The van der Waals surface area contributed by atoms with E-state index in [1.165, 1.54) is 0 Å². The third-order valence-corrected chi connectivity index (χ3v) is 21.2. The number of ether oxygens (including phenoxy) is 6. The molecule has 0 aromatic heterocycles. The number of likely N-dealkylation sites (N-methyl/N-ethyl adjacent to an activating group) is 1. The van der Waals surface area contributed by atoms with Gasteiger partial charge < -0.3 is 79.1 Å². The standard InChI is InChI=1S/C71H138N8O13S2/c1-12-71(10,62(82)23-33-72-31-21-40-79-49-47-75(11)48-50-79)91-58-60-94-93-59-57-90-65(85)26-43-77(38-16-18-52-81)44-27-66(86)92-70(8,9)69(6,7)28-14-13-19-53-87-54-22-41-76(37-15-17-51-80)42-25-64(84)89-56-30-68(4,5)61-67(2,3)29-55-88-63(83)24-34-73-32-20-39-78-45-35-74-36-46-78/h72-74,80-81H,12-61H2,1-11H3. The quantitative estimate of drug-likeness (QED) is 0.0166. The van der Waals surface area contributed by atoms with E-state index in [2.05, 4.69) is 89.0 Å². The summed E-state index contributed by atoms with van der Waals surface area (Å²) in [7, 11) is 5.43. The van der Waals surface area contributed by atoms with Crippen LogP contribution in [0.2, 0.25) is 0 Å². The second-order valence-corrected chi connectivity index (χ2v) is 31.8. The Morgan fingerprint density at radius 3 is 1.55 bits per heavy atom. The van der Waals surface area contributed by atoms with Crippen molar-refractivity contribution in [1.29, 1.82) is 0 Å². The van der Waals surface area contributed by atoms with E-state index in [4.69, 9.17) is 28.4 Å². The molecular formula is C71H138N8O13S2. The van der Waals surface area contributed by atoms with Crippen molar-refractivity contribution < 1.29 is 62.6 Å². The van der Waals surface area contributed by atoms with E-state index in [1.807, 2.05) is 27.7 Å². The molecule has 1 unspecified atom stereocenters. The zero-order valence-corrected chi connectivity index (χ0v) is 62.9. The van der Waals surface area contributed by atoms with E-state index in [0.717, 1.165) is 169 Å². The van der Waals surface area contributed by atoms with Crippen LogP contribution in [0.15, 0.2) is 0 Å². The van der Waals surface area contributed by atoms with Crippen molar-refractivity contribution in [2.24, 2.45) is 16.2 Å². The number of unbranched alkanes of at least 4 members (excludes halogenated alkanes) is 4. The minimum atomic E-state index is -0.796. The largest absolute Gasteiger partial charge is 0.466 e. The summed E-state index contributed by atoms with van der Waals surface area (Å²) in [5, 5.41) is 29.1. The van der Waals surface area contributed by atoms with Crippen molar-refractivity contribution in [2.75, 3.05) is 202 Å². The lowest BCUT2D eigenvalue weighted by Gasteiger charge is -2.41. The molecule has 2 aliphatic heterocycles. The van der Waals surface area contributed by atoms with Gasteiger partial charge in [-0.15, -0.1) is 0 Å². The maximum Gasteiger partial charge on any atom is 0.307 e. The highest BCUT2D eigenvalue weighted by Gasteiger charge is 2.40. The van der Waals surface area contributed by atoms with Crippen LogP contribution in [0.5, 0.6) is 0 Å². The molecule has 94 heavy (non-hydrogen) atoms. The molecule has 0 spiro atoms. The number of hydrogen-bond donors (Lipinski definition) is 5. The van der Waals surface area contributed by atoms with E-state index < -0.39 is 11.2 Å². The van der Waals surface area contributed by atoms with Crippen LogP contribution in [0.4, 0.5) is 0 Å². The Labute approximate surface area is 578 Å². The first-order valence-corrected chi connectivity index (χ1v) is 38.9. The summed E-state index contributed by atoms with van der Waals surface area (Å²) in [4.78, 5) is 76.2. The number of ketones is 1. The lowest BCUT2D eigenvalue weighted by molar-refractivity contribution is -0.169. The summed E-state index contributed by atoms with van der Waals surface area (Å²) in [5.74, 6) is 0.555. The Bertz CT molecular complexity index is 1980. The van der Waals surface area contributed by atoms with Gasteiger partial charge in [-0.25, -0.2) is 0 Å². The van der Waals surface area contributed by atoms with Crippen LogP contribution in [0.25, 0.3) is 0 Å². The molecule has 0 aromatic carbocycles. The number of aliphatic hydroxyl groups excluding tert-OH is 2. The molecule has 0 amide bonds. The molecule has 23 heteroatoms. The fraction of sp³-hybridized carbons (Fsp3) is 0.930. The lowest BCUT2D eigenvalue weighted by Crippen LogP contribution is -2.45. The zero-order chi connectivity index (χ0) is 69.4. The summed E-state index contributed by atoms with van der Waals surface area (Å²) in [5.41, 5.74) is -1.88. The number of nitrogens with one attached hydrogen (secondary N) is 3. The number of hydrogen-bond acceptors (Lipinski definition) is 23. The van der Waals surface area contributed by atoms with Crippen LogP contribution < -0.4 is 16.0 Å². The van der Waals surface area contributed by atoms with Gasteiger partial charge in [0, 0.05) is 141 Å². The van der Waals surface area contributed by atoms with Gasteiger partial charge >= 0.3 is 23.9 Å². The van der Waals surface area contributed by atoms with Gasteiger partial charge in [-0.2, -0.15) is 0 Å². The van der Waals surface area contributed by atoms with Gasteiger partial charge in [-0.1, -0.05) is 82.9 Å². The van der Waals surface area contributed by atoms with Crippen LogP contribution in [0.3, 0.4) is 0 Å². The molecular weight excluding hydrogens is 1240 g/mol. The smallest absolute Gasteiger partial charge is 0.307 e. The van der Waals surface area contributed by atoms with Gasteiger partial charge in [0.05, 0.1) is 45.5 Å². The first-order chi connectivity index (χ1) is 44.8. The van der Waals surface area contributed by atoms with Crippen molar-refractivity contribution in [3.8, 4) is 0 Å². The Hall–Kier alpha value is -2.23. The molecule has 2 saturated heterocycles. The molecule has 0 bridgehead atoms. The minimum Gasteiger partial charge on any atom is -0.466 e. The van der Waals surface area contributed by atoms with Crippen molar-refractivity contribution in [2.45, 2.75) is 209 Å². The lowest BCUT2D eigenvalue weighted by atomic mass is 9.72. The third-order valence-electron chi connectivity index (χ3n) is 18.9. The van der Waals surface area contributed by atoms with Gasteiger partial charge in [0.2, 0.25) is 0 Å². The monoisotopic (exact) mass is 1370 g/mol. The highest BCUT2D eigenvalue weighted by Crippen LogP contribution is 2.40. The minimum absolute atomic E-state index is 0.0453. The molecule has 21 nitrogen and oxygen atoms in total. The first kappa shape index (κ1) is 87.9. The van der Waals surface area contributed by atoms with Crippen LogP contribution in [0.1, 0.15) is 198 Å². The number of nitrogens with zero attached hydrogens (tertiary/aromatic N) is 5. The van der Waals surface area contributed by atoms with Gasteiger partial charge in [-0.3, -0.25) is 24.0 Å². The van der Waals surface area contributed by atoms with E-state index in [1.54, 1.807) is 21.6 Å². The topological polar surface area (TPSA) is 233 Å². The summed E-state index contributed by atoms with van der Waals surface area (Å²) in [6, 6.07) is 0. The number of piperazine rings is 2.